The molecule has 0 unspecified atom stereocenters. The van der Waals surface area contributed by atoms with Crippen LogP contribution < -0.4 is 0 Å². The van der Waals surface area contributed by atoms with Crippen molar-refractivity contribution in [1.82, 2.24) is 14.8 Å². The topological polar surface area (TPSA) is 111 Å². The number of carboxylic acids is 1. The highest BCUT2D eigenvalue weighted by atomic mass is 16.6. The van der Waals surface area contributed by atoms with Crippen molar-refractivity contribution in [3.05, 3.63) is 58.5 Å². The van der Waals surface area contributed by atoms with Crippen molar-refractivity contribution in [3.8, 4) is 5.69 Å². The Balaban J connectivity index is 2.28. The Kier molecular flexibility index (Phi) is 2.83. The van der Waals surface area contributed by atoms with Gasteiger partial charge in [-0.15, -0.1) is 0 Å². The maximum atomic E-state index is 11.3. The lowest BCUT2D eigenvalue weighted by Crippen LogP contribution is -2.07. The molecule has 2 aromatic heterocycles. The molecule has 0 aliphatic rings. The van der Waals surface area contributed by atoms with E-state index < -0.39 is 10.9 Å². The number of nitro benzene ring substituents is 1. The number of benzene rings is 1. The number of carbonyl (C=O) groups is 1. The van der Waals surface area contributed by atoms with E-state index in [2.05, 4.69) is 10.1 Å². The van der Waals surface area contributed by atoms with Crippen LogP contribution in [0, 0.1) is 10.1 Å². The van der Waals surface area contributed by atoms with E-state index in [0.29, 0.717) is 10.9 Å². The third kappa shape index (κ3) is 2.08. The number of hydrogen-bond donors (Lipinski definition) is 1. The van der Waals surface area contributed by atoms with Gasteiger partial charge in [0, 0.05) is 23.7 Å². The van der Waals surface area contributed by atoms with Gasteiger partial charge in [0.25, 0.3) is 5.69 Å². The van der Waals surface area contributed by atoms with Gasteiger partial charge < -0.3 is 5.11 Å². The number of nitrogens with zero attached hydrogens (tertiary/aromatic N) is 4. The highest BCUT2D eigenvalue weighted by molar-refractivity contribution is 5.93. The normalized spacial score (nSPS) is 10.7. The standard InChI is InChI=1S/C13H8N4O4/c18-13(19)10-3-4-14-7-12(10)16-11-5-9(17(20)21)2-1-8(11)6-15-16/h1-7H,(H,18,19). The van der Waals surface area contributed by atoms with Crippen LogP contribution in [0.25, 0.3) is 16.6 Å². The van der Waals surface area contributed by atoms with Crippen molar-refractivity contribution in [2.75, 3.05) is 0 Å². The van der Waals surface area contributed by atoms with Crippen molar-refractivity contribution in [2.45, 2.75) is 0 Å². The second-order valence-corrected chi connectivity index (χ2v) is 4.25. The minimum Gasteiger partial charge on any atom is -0.478 e. The van der Waals surface area contributed by atoms with Gasteiger partial charge in [-0.05, 0) is 12.1 Å². The molecule has 0 aliphatic heterocycles. The van der Waals surface area contributed by atoms with Crippen LogP contribution in [0.15, 0.2) is 42.9 Å². The Hall–Kier alpha value is -3.29. The van der Waals surface area contributed by atoms with Crippen LogP contribution >= 0.6 is 0 Å². The van der Waals surface area contributed by atoms with Crippen LogP contribution in [0.2, 0.25) is 0 Å². The van der Waals surface area contributed by atoms with Crippen LogP contribution in [-0.4, -0.2) is 30.8 Å². The molecule has 8 heteroatoms. The number of non-ortho nitro benzene ring substituents is 1. The van der Waals surface area contributed by atoms with Crippen molar-refractivity contribution in [2.24, 2.45) is 0 Å². The molecule has 0 saturated heterocycles. The van der Waals surface area contributed by atoms with E-state index in [0.717, 1.165) is 0 Å². The number of aromatic nitrogens is 3. The zero-order valence-electron chi connectivity index (χ0n) is 10.5. The van der Waals surface area contributed by atoms with E-state index >= 15 is 0 Å². The lowest BCUT2D eigenvalue weighted by molar-refractivity contribution is -0.384. The zero-order valence-corrected chi connectivity index (χ0v) is 10.5. The molecule has 1 aromatic carbocycles. The predicted molar refractivity (Wildman–Crippen MR) is 72.5 cm³/mol. The first-order valence-electron chi connectivity index (χ1n) is 5.88. The number of fused-ring (bicyclic) bond motifs is 1. The molecular weight excluding hydrogens is 276 g/mol. The molecule has 0 saturated carbocycles. The molecule has 0 spiro atoms. The highest BCUT2D eigenvalue weighted by Gasteiger charge is 2.16. The average molecular weight is 284 g/mol. The van der Waals surface area contributed by atoms with Crippen LogP contribution in [0.5, 0.6) is 0 Å². The maximum absolute atomic E-state index is 11.3. The molecule has 0 atom stereocenters. The first kappa shape index (κ1) is 12.7. The molecule has 3 rings (SSSR count). The Morgan fingerprint density at radius 3 is 2.81 bits per heavy atom. The van der Waals surface area contributed by atoms with E-state index in [9.17, 15) is 20.0 Å². The summed E-state index contributed by atoms with van der Waals surface area (Å²) in [5.41, 5.74) is 0.617. The molecule has 21 heavy (non-hydrogen) atoms. The van der Waals surface area contributed by atoms with E-state index in [1.807, 2.05) is 0 Å². The summed E-state index contributed by atoms with van der Waals surface area (Å²) in [7, 11) is 0. The van der Waals surface area contributed by atoms with Crippen LogP contribution in [0.3, 0.4) is 0 Å². The number of nitro groups is 1. The smallest absolute Gasteiger partial charge is 0.338 e. The van der Waals surface area contributed by atoms with E-state index in [4.69, 9.17) is 0 Å². The van der Waals surface area contributed by atoms with Gasteiger partial charge in [0.15, 0.2) is 0 Å². The van der Waals surface area contributed by atoms with Gasteiger partial charge in [-0.25, -0.2) is 9.48 Å². The van der Waals surface area contributed by atoms with Crippen LogP contribution in [0.4, 0.5) is 5.69 Å². The second-order valence-electron chi connectivity index (χ2n) is 4.25. The summed E-state index contributed by atoms with van der Waals surface area (Å²) in [4.78, 5) is 25.5. The molecule has 0 aliphatic carbocycles. The molecule has 2 heterocycles. The third-order valence-electron chi connectivity index (χ3n) is 3.02. The summed E-state index contributed by atoms with van der Waals surface area (Å²) in [5.74, 6) is -1.12. The number of carboxylic acid groups (broad SMARTS) is 1. The molecule has 1 N–H and O–H groups in total. The van der Waals surface area contributed by atoms with Crippen LogP contribution in [-0.2, 0) is 0 Å². The van der Waals surface area contributed by atoms with E-state index in [-0.39, 0.29) is 16.9 Å². The first-order valence-corrected chi connectivity index (χ1v) is 5.88. The minimum atomic E-state index is -1.12. The first-order chi connectivity index (χ1) is 10.1. The van der Waals surface area contributed by atoms with Crippen molar-refractivity contribution < 1.29 is 14.8 Å². The van der Waals surface area contributed by atoms with Crippen molar-refractivity contribution in [3.63, 3.8) is 0 Å². The zero-order chi connectivity index (χ0) is 15.0. The highest BCUT2D eigenvalue weighted by Crippen LogP contribution is 2.24. The van der Waals surface area contributed by atoms with Gasteiger partial charge in [-0.1, -0.05) is 0 Å². The maximum Gasteiger partial charge on any atom is 0.338 e. The van der Waals surface area contributed by atoms with Crippen molar-refractivity contribution >= 4 is 22.6 Å². The van der Waals surface area contributed by atoms with E-state index in [1.165, 1.54) is 41.5 Å². The molecule has 8 nitrogen and oxygen atoms in total. The van der Waals surface area contributed by atoms with Gasteiger partial charge in [0.1, 0.15) is 0 Å². The summed E-state index contributed by atoms with van der Waals surface area (Å²) in [6, 6.07) is 5.63. The van der Waals surface area contributed by atoms with Gasteiger partial charge in [-0.3, -0.25) is 15.1 Å². The fourth-order valence-electron chi connectivity index (χ4n) is 2.05. The fraction of sp³-hybridized carbons (Fsp3) is 0. The summed E-state index contributed by atoms with van der Waals surface area (Å²) in [5, 5.41) is 24.8. The lowest BCUT2D eigenvalue weighted by atomic mass is 10.2. The van der Waals surface area contributed by atoms with Gasteiger partial charge >= 0.3 is 5.97 Å². The Morgan fingerprint density at radius 1 is 1.29 bits per heavy atom. The average Bonchev–Trinajstić information content (AvgIpc) is 2.89. The number of pyridine rings is 1. The number of rotatable bonds is 3. The summed E-state index contributed by atoms with van der Waals surface area (Å²) >= 11 is 0. The number of hydrogen-bond acceptors (Lipinski definition) is 5. The Morgan fingerprint density at radius 2 is 2.10 bits per heavy atom. The third-order valence-corrected chi connectivity index (χ3v) is 3.02. The molecule has 104 valence electrons. The van der Waals surface area contributed by atoms with Crippen LogP contribution in [0.1, 0.15) is 10.4 Å². The SMILES string of the molecule is O=C(O)c1ccncc1-n1ncc2ccc([N+](=O)[O-])cc21. The second kappa shape index (κ2) is 4.67. The largest absolute Gasteiger partial charge is 0.478 e. The predicted octanol–water partition coefficient (Wildman–Crippen LogP) is 2.03. The monoisotopic (exact) mass is 284 g/mol. The molecule has 3 aromatic rings. The molecular formula is C13H8N4O4. The van der Waals surface area contributed by atoms with Gasteiger partial charge in [0.05, 0.1) is 34.1 Å². The van der Waals surface area contributed by atoms with Gasteiger partial charge in [-0.2, -0.15) is 5.10 Å². The van der Waals surface area contributed by atoms with E-state index in [1.54, 1.807) is 6.07 Å². The molecule has 0 amide bonds. The van der Waals surface area contributed by atoms with Crippen molar-refractivity contribution in [1.29, 1.82) is 0 Å². The molecule has 0 bridgehead atoms. The molecule has 0 radical (unpaired) electrons. The summed E-state index contributed by atoms with van der Waals surface area (Å²) in [6.07, 6.45) is 4.23. The quantitative estimate of drug-likeness (QED) is 0.581. The number of aromatic carboxylic acids is 1. The minimum absolute atomic E-state index is 0.0153. The Bertz CT molecular complexity index is 871. The Labute approximate surface area is 117 Å². The summed E-state index contributed by atoms with van der Waals surface area (Å²) in [6.45, 7) is 0. The molecule has 0 fully saturated rings. The summed E-state index contributed by atoms with van der Waals surface area (Å²) < 4.78 is 1.33. The van der Waals surface area contributed by atoms with Gasteiger partial charge in [0.2, 0.25) is 0 Å². The fourth-order valence-corrected chi connectivity index (χ4v) is 2.05. The lowest BCUT2D eigenvalue weighted by Gasteiger charge is -2.06.